The number of carbonyl (C=O) groups is 2. The highest BCUT2D eigenvalue weighted by molar-refractivity contribution is 14.1. The number of hydrogen-bond donors (Lipinski definition) is 3. The van der Waals surface area contributed by atoms with E-state index in [4.69, 9.17) is 5.11 Å². The van der Waals surface area contributed by atoms with Crippen LogP contribution in [0, 0.1) is 3.57 Å². The van der Waals surface area contributed by atoms with Gasteiger partial charge in [0.1, 0.15) is 21.6 Å². The van der Waals surface area contributed by atoms with Gasteiger partial charge in [0.2, 0.25) is 0 Å². The molecule has 0 fully saturated rings. The molecule has 0 saturated heterocycles. The molecule has 1 rings (SSSR count). The molecule has 9 heteroatoms. The van der Waals surface area contributed by atoms with Crippen molar-refractivity contribution in [3.63, 3.8) is 0 Å². The van der Waals surface area contributed by atoms with Crippen LogP contribution in [0.15, 0.2) is 18.2 Å². The monoisotopic (exact) mass is 427 g/mol. The predicted molar refractivity (Wildman–Crippen MR) is 84.0 cm³/mol. The SMILES string of the molecule is CS(=O)(=O)CCC(NC(=O)c1ccc(I)c(O)c1)C(=O)O. The Morgan fingerprint density at radius 3 is 2.48 bits per heavy atom. The maximum absolute atomic E-state index is 11.9. The Balaban J connectivity index is 2.81. The third-order valence-corrected chi connectivity index (χ3v) is 4.48. The van der Waals surface area contributed by atoms with Crippen molar-refractivity contribution in [2.75, 3.05) is 12.0 Å². The molecule has 0 radical (unpaired) electrons. The van der Waals surface area contributed by atoms with Gasteiger partial charge in [0.15, 0.2) is 0 Å². The number of rotatable bonds is 6. The summed E-state index contributed by atoms with van der Waals surface area (Å²) in [6.07, 6.45) is 0.765. The van der Waals surface area contributed by atoms with Gasteiger partial charge in [-0.05, 0) is 47.2 Å². The lowest BCUT2D eigenvalue weighted by molar-refractivity contribution is -0.139. The molecular formula is C12H14INO6S. The number of aliphatic carboxylic acids is 1. The Morgan fingerprint density at radius 1 is 1.38 bits per heavy atom. The van der Waals surface area contributed by atoms with Gasteiger partial charge in [0.05, 0.1) is 9.32 Å². The summed E-state index contributed by atoms with van der Waals surface area (Å²) in [5, 5.41) is 20.8. The molecule has 1 aromatic rings. The summed E-state index contributed by atoms with van der Waals surface area (Å²) >= 11 is 1.88. The third-order valence-electron chi connectivity index (χ3n) is 2.59. The summed E-state index contributed by atoms with van der Waals surface area (Å²) in [4.78, 5) is 23.0. The average molecular weight is 427 g/mol. The third kappa shape index (κ3) is 5.87. The minimum absolute atomic E-state index is 0.0914. The Bertz CT molecular complexity index is 658. The molecule has 0 bridgehead atoms. The smallest absolute Gasteiger partial charge is 0.326 e. The topological polar surface area (TPSA) is 121 Å². The van der Waals surface area contributed by atoms with Crippen LogP contribution in [-0.2, 0) is 14.6 Å². The number of aromatic hydroxyl groups is 1. The number of benzene rings is 1. The molecule has 0 aromatic heterocycles. The summed E-state index contributed by atoms with van der Waals surface area (Å²) in [5.41, 5.74) is 0.0959. The first-order valence-corrected chi connectivity index (χ1v) is 8.94. The number of sulfone groups is 1. The molecule has 1 atom stereocenters. The van der Waals surface area contributed by atoms with Gasteiger partial charge in [-0.25, -0.2) is 13.2 Å². The van der Waals surface area contributed by atoms with Crippen LogP contribution in [0.4, 0.5) is 0 Å². The van der Waals surface area contributed by atoms with Gasteiger partial charge in [-0.1, -0.05) is 0 Å². The Morgan fingerprint density at radius 2 is 2.00 bits per heavy atom. The van der Waals surface area contributed by atoms with E-state index in [1.165, 1.54) is 18.2 Å². The zero-order valence-electron chi connectivity index (χ0n) is 11.0. The standard InChI is InChI=1S/C12H14INO6S/c1-21(19,20)5-4-9(12(17)18)14-11(16)7-2-3-8(13)10(15)6-7/h2-3,6,9,15H,4-5H2,1H3,(H,14,16)(H,17,18). The zero-order valence-corrected chi connectivity index (χ0v) is 14.0. The van der Waals surface area contributed by atoms with E-state index in [2.05, 4.69) is 5.32 Å². The van der Waals surface area contributed by atoms with Gasteiger partial charge in [-0.2, -0.15) is 0 Å². The Hall–Kier alpha value is -1.36. The van der Waals surface area contributed by atoms with E-state index >= 15 is 0 Å². The molecule has 3 N–H and O–H groups in total. The van der Waals surface area contributed by atoms with Gasteiger partial charge >= 0.3 is 5.97 Å². The first kappa shape index (κ1) is 17.7. The first-order chi connectivity index (χ1) is 9.60. The van der Waals surface area contributed by atoms with E-state index in [9.17, 15) is 23.1 Å². The fraction of sp³-hybridized carbons (Fsp3) is 0.333. The summed E-state index contributed by atoms with van der Waals surface area (Å²) in [5.74, 6) is -2.45. The lowest BCUT2D eigenvalue weighted by Gasteiger charge is -2.14. The second-order valence-electron chi connectivity index (χ2n) is 4.45. The summed E-state index contributed by atoms with van der Waals surface area (Å²) < 4.78 is 22.7. The first-order valence-electron chi connectivity index (χ1n) is 5.80. The molecule has 7 nitrogen and oxygen atoms in total. The highest BCUT2D eigenvalue weighted by Crippen LogP contribution is 2.20. The van der Waals surface area contributed by atoms with Crippen LogP contribution in [0.1, 0.15) is 16.8 Å². The van der Waals surface area contributed by atoms with Crippen LogP contribution < -0.4 is 5.32 Å². The van der Waals surface area contributed by atoms with Crippen molar-refractivity contribution >= 4 is 44.3 Å². The Kier molecular flexibility index (Phi) is 5.96. The van der Waals surface area contributed by atoms with E-state index in [-0.39, 0.29) is 23.5 Å². The minimum Gasteiger partial charge on any atom is -0.507 e. The second-order valence-corrected chi connectivity index (χ2v) is 7.87. The number of amides is 1. The number of phenols is 1. The van der Waals surface area contributed by atoms with Crippen LogP contribution in [0.2, 0.25) is 0 Å². The van der Waals surface area contributed by atoms with Crippen LogP contribution in [0.3, 0.4) is 0 Å². The number of hydrogen-bond acceptors (Lipinski definition) is 5. The fourth-order valence-electron chi connectivity index (χ4n) is 1.48. The zero-order chi connectivity index (χ0) is 16.2. The quantitative estimate of drug-likeness (QED) is 0.573. The van der Waals surface area contributed by atoms with Crippen LogP contribution in [0.25, 0.3) is 0 Å². The van der Waals surface area contributed by atoms with Crippen LogP contribution >= 0.6 is 22.6 Å². The van der Waals surface area contributed by atoms with Crippen LogP contribution in [-0.4, -0.2) is 48.6 Å². The number of carboxylic acids is 1. The molecule has 116 valence electrons. The van der Waals surface area contributed by atoms with Gasteiger partial charge in [-0.3, -0.25) is 4.79 Å². The number of nitrogens with one attached hydrogen (secondary N) is 1. The van der Waals surface area contributed by atoms with Crippen molar-refractivity contribution in [3.8, 4) is 5.75 Å². The summed E-state index contributed by atoms with van der Waals surface area (Å²) in [6, 6.07) is 2.85. The average Bonchev–Trinajstić information content (AvgIpc) is 2.36. The van der Waals surface area contributed by atoms with Crippen molar-refractivity contribution in [1.82, 2.24) is 5.32 Å². The summed E-state index contributed by atoms with van der Waals surface area (Å²) in [6.45, 7) is 0. The minimum atomic E-state index is -3.32. The van der Waals surface area contributed by atoms with E-state index in [0.29, 0.717) is 3.57 Å². The maximum atomic E-state index is 11.9. The van der Waals surface area contributed by atoms with Crippen LogP contribution in [0.5, 0.6) is 5.75 Å². The van der Waals surface area contributed by atoms with Crippen molar-refractivity contribution in [3.05, 3.63) is 27.3 Å². The number of carbonyl (C=O) groups excluding carboxylic acids is 1. The van der Waals surface area contributed by atoms with Gasteiger partial charge < -0.3 is 15.5 Å². The number of carboxylic acid groups (broad SMARTS) is 1. The maximum Gasteiger partial charge on any atom is 0.326 e. The van der Waals surface area contributed by atoms with Crippen molar-refractivity contribution in [2.24, 2.45) is 0 Å². The second kappa shape index (κ2) is 7.07. The molecule has 1 amide bonds. The molecule has 1 unspecified atom stereocenters. The molecule has 0 aliphatic carbocycles. The number of halogens is 1. The normalized spacial score (nSPS) is 12.7. The molecule has 0 heterocycles. The van der Waals surface area contributed by atoms with Gasteiger partial charge in [0, 0.05) is 11.8 Å². The van der Waals surface area contributed by atoms with E-state index < -0.39 is 27.8 Å². The van der Waals surface area contributed by atoms with Crippen molar-refractivity contribution < 1.29 is 28.2 Å². The van der Waals surface area contributed by atoms with Gasteiger partial charge in [0.25, 0.3) is 5.91 Å². The lowest BCUT2D eigenvalue weighted by Crippen LogP contribution is -2.41. The molecule has 21 heavy (non-hydrogen) atoms. The molecule has 1 aromatic carbocycles. The van der Waals surface area contributed by atoms with Crippen molar-refractivity contribution in [2.45, 2.75) is 12.5 Å². The highest BCUT2D eigenvalue weighted by Gasteiger charge is 2.22. The predicted octanol–water partition coefficient (Wildman–Crippen LogP) is 0.614. The number of phenolic OH excluding ortho intramolecular Hbond substituents is 1. The molecule has 0 saturated carbocycles. The largest absolute Gasteiger partial charge is 0.507 e. The van der Waals surface area contributed by atoms with Gasteiger partial charge in [-0.15, -0.1) is 0 Å². The highest BCUT2D eigenvalue weighted by atomic mass is 127. The fourth-order valence-corrected chi connectivity index (χ4v) is 2.48. The molecule has 0 spiro atoms. The molecule has 0 aliphatic heterocycles. The Labute approximate surface area is 135 Å². The van der Waals surface area contributed by atoms with Crippen molar-refractivity contribution in [1.29, 1.82) is 0 Å². The molecular weight excluding hydrogens is 413 g/mol. The molecule has 0 aliphatic rings. The van der Waals surface area contributed by atoms with E-state index in [1.807, 2.05) is 22.6 Å². The van der Waals surface area contributed by atoms with E-state index in [1.54, 1.807) is 0 Å². The lowest BCUT2D eigenvalue weighted by atomic mass is 10.1. The van der Waals surface area contributed by atoms with E-state index in [0.717, 1.165) is 6.26 Å². The summed E-state index contributed by atoms with van der Waals surface area (Å²) in [7, 11) is -3.32.